The minimum absolute atomic E-state index is 0.383. The zero-order valence-corrected chi connectivity index (χ0v) is 12.9. The molecule has 0 radical (unpaired) electrons. The highest BCUT2D eigenvalue weighted by atomic mass is 16.5. The molecule has 0 unspecified atom stereocenters. The van der Waals surface area contributed by atoms with Crippen molar-refractivity contribution in [1.82, 2.24) is 15.0 Å². The van der Waals surface area contributed by atoms with E-state index in [0.29, 0.717) is 11.3 Å². The Kier molecular flexibility index (Phi) is 4.59. The molecule has 0 N–H and O–H groups in total. The minimum atomic E-state index is -0.383. The molecule has 2 heterocycles. The van der Waals surface area contributed by atoms with Gasteiger partial charge < -0.3 is 4.74 Å². The second-order valence-corrected chi connectivity index (χ2v) is 4.88. The molecule has 116 valence electrons. The molecule has 0 aliphatic carbocycles. The molecule has 0 atom stereocenters. The molecule has 0 spiro atoms. The summed E-state index contributed by atoms with van der Waals surface area (Å²) in [6, 6.07) is 11.0. The lowest BCUT2D eigenvalue weighted by Crippen LogP contribution is -2.01. The highest BCUT2D eigenvalue weighted by Gasteiger charge is 2.07. The molecule has 0 saturated carbocycles. The smallest absolute Gasteiger partial charge is 0.337 e. The number of rotatable bonds is 2. The fraction of sp³-hybridized carbons (Fsp3) is 0.0526. The fourth-order valence-electron chi connectivity index (χ4n) is 2.07. The summed E-state index contributed by atoms with van der Waals surface area (Å²) in [4.78, 5) is 23.7. The average molecular weight is 315 g/mol. The number of hydrogen-bond donors (Lipinski definition) is 0. The van der Waals surface area contributed by atoms with Gasteiger partial charge in [0.25, 0.3) is 0 Å². The van der Waals surface area contributed by atoms with Crippen molar-refractivity contribution in [3.05, 3.63) is 78.0 Å². The molecule has 0 bridgehead atoms. The Hall–Kier alpha value is -3.52. The molecule has 5 heteroatoms. The summed E-state index contributed by atoms with van der Waals surface area (Å²) in [5.41, 5.74) is 3.69. The summed E-state index contributed by atoms with van der Waals surface area (Å²) < 4.78 is 4.73. The van der Waals surface area contributed by atoms with Crippen LogP contribution in [0.15, 0.2) is 61.3 Å². The van der Waals surface area contributed by atoms with Crippen LogP contribution in [0, 0.1) is 11.8 Å². The van der Waals surface area contributed by atoms with Gasteiger partial charge in [0.05, 0.1) is 23.9 Å². The van der Waals surface area contributed by atoms with Crippen molar-refractivity contribution in [2.45, 2.75) is 0 Å². The van der Waals surface area contributed by atoms with Crippen LogP contribution in [0.2, 0.25) is 0 Å². The van der Waals surface area contributed by atoms with Gasteiger partial charge in [0, 0.05) is 29.7 Å². The Bertz CT molecular complexity index is 911. The normalized spacial score (nSPS) is 9.71. The van der Waals surface area contributed by atoms with Crippen LogP contribution >= 0.6 is 0 Å². The third-order valence-electron chi connectivity index (χ3n) is 3.27. The third kappa shape index (κ3) is 3.62. The van der Waals surface area contributed by atoms with E-state index in [2.05, 4.69) is 26.8 Å². The van der Waals surface area contributed by atoms with Crippen LogP contribution in [0.3, 0.4) is 0 Å². The first-order chi connectivity index (χ1) is 11.8. The molecule has 0 aliphatic rings. The number of esters is 1. The summed E-state index contributed by atoms with van der Waals surface area (Å²) in [6.07, 6.45) is 6.38. The molecule has 5 nitrogen and oxygen atoms in total. The van der Waals surface area contributed by atoms with E-state index in [1.54, 1.807) is 30.7 Å². The molecule has 0 amide bonds. The quantitative estimate of drug-likeness (QED) is 0.537. The van der Waals surface area contributed by atoms with Crippen LogP contribution in [0.25, 0.3) is 11.3 Å². The Morgan fingerprint density at radius 1 is 1.00 bits per heavy atom. The lowest BCUT2D eigenvalue weighted by atomic mass is 10.1. The lowest BCUT2D eigenvalue weighted by molar-refractivity contribution is 0.0600. The van der Waals surface area contributed by atoms with Crippen molar-refractivity contribution in [1.29, 1.82) is 0 Å². The molecule has 0 saturated heterocycles. The van der Waals surface area contributed by atoms with Crippen molar-refractivity contribution >= 4 is 5.97 Å². The zero-order valence-electron chi connectivity index (χ0n) is 12.9. The van der Waals surface area contributed by atoms with Gasteiger partial charge >= 0.3 is 5.97 Å². The van der Waals surface area contributed by atoms with E-state index in [0.717, 1.165) is 16.7 Å². The summed E-state index contributed by atoms with van der Waals surface area (Å²) in [6.45, 7) is 0. The SMILES string of the molecule is COC(=O)c1ccnc(-c2ccc(C#Cc3cncnc3)cc2)c1. The summed E-state index contributed by atoms with van der Waals surface area (Å²) in [5.74, 6) is 5.67. The molecule has 3 rings (SSSR count). The van der Waals surface area contributed by atoms with Crippen LogP contribution in [0.4, 0.5) is 0 Å². The predicted octanol–water partition coefficient (Wildman–Crippen LogP) is 2.73. The standard InChI is InChI=1S/C19H13N3O2/c1-24-19(23)17-8-9-22-18(10-17)16-6-4-14(5-7-16)2-3-15-11-20-13-21-12-15/h4-13H,1H3. The van der Waals surface area contributed by atoms with Gasteiger partial charge in [-0.1, -0.05) is 24.0 Å². The molecule has 0 aliphatic heterocycles. The van der Waals surface area contributed by atoms with E-state index in [4.69, 9.17) is 4.74 Å². The van der Waals surface area contributed by atoms with E-state index in [-0.39, 0.29) is 5.97 Å². The van der Waals surface area contributed by atoms with Gasteiger partial charge in [0.1, 0.15) is 6.33 Å². The van der Waals surface area contributed by atoms with Crippen molar-refractivity contribution in [3.63, 3.8) is 0 Å². The largest absolute Gasteiger partial charge is 0.465 e. The monoisotopic (exact) mass is 315 g/mol. The molecule has 0 fully saturated rings. The van der Waals surface area contributed by atoms with E-state index in [1.807, 2.05) is 24.3 Å². The highest BCUT2D eigenvalue weighted by molar-refractivity contribution is 5.90. The van der Waals surface area contributed by atoms with E-state index < -0.39 is 0 Å². The second-order valence-electron chi connectivity index (χ2n) is 4.88. The van der Waals surface area contributed by atoms with E-state index >= 15 is 0 Å². The van der Waals surface area contributed by atoms with Crippen LogP contribution < -0.4 is 0 Å². The first-order valence-corrected chi connectivity index (χ1v) is 7.18. The Labute approximate surface area is 139 Å². The van der Waals surface area contributed by atoms with Crippen LogP contribution in [0.5, 0.6) is 0 Å². The number of hydrogen-bond acceptors (Lipinski definition) is 5. The van der Waals surface area contributed by atoms with Crippen molar-refractivity contribution in [2.24, 2.45) is 0 Å². The maximum atomic E-state index is 11.6. The first kappa shape index (κ1) is 15.4. The number of nitrogens with zero attached hydrogens (tertiary/aromatic N) is 3. The number of pyridine rings is 1. The van der Waals surface area contributed by atoms with Crippen molar-refractivity contribution in [2.75, 3.05) is 7.11 Å². The predicted molar refractivity (Wildman–Crippen MR) is 89.0 cm³/mol. The Balaban J connectivity index is 1.83. The molecule has 24 heavy (non-hydrogen) atoms. The van der Waals surface area contributed by atoms with Gasteiger partial charge in [-0.25, -0.2) is 14.8 Å². The zero-order chi connectivity index (χ0) is 16.8. The summed E-state index contributed by atoms with van der Waals surface area (Å²) in [7, 11) is 1.35. The maximum Gasteiger partial charge on any atom is 0.337 e. The summed E-state index contributed by atoms with van der Waals surface area (Å²) >= 11 is 0. The number of benzene rings is 1. The highest BCUT2D eigenvalue weighted by Crippen LogP contribution is 2.18. The lowest BCUT2D eigenvalue weighted by Gasteiger charge is -2.03. The van der Waals surface area contributed by atoms with E-state index in [1.165, 1.54) is 13.4 Å². The Morgan fingerprint density at radius 3 is 2.42 bits per heavy atom. The average Bonchev–Trinajstić information content (AvgIpc) is 2.67. The second kappa shape index (κ2) is 7.16. The fourth-order valence-corrected chi connectivity index (χ4v) is 2.07. The molecule has 2 aromatic heterocycles. The summed E-state index contributed by atoms with van der Waals surface area (Å²) in [5, 5.41) is 0. The number of carbonyl (C=O) groups excluding carboxylic acids is 1. The van der Waals surface area contributed by atoms with Crippen LogP contribution in [0.1, 0.15) is 21.5 Å². The van der Waals surface area contributed by atoms with Gasteiger partial charge in [0.15, 0.2) is 0 Å². The molecular weight excluding hydrogens is 302 g/mol. The van der Waals surface area contributed by atoms with E-state index in [9.17, 15) is 4.79 Å². The number of aromatic nitrogens is 3. The van der Waals surface area contributed by atoms with Crippen LogP contribution in [-0.4, -0.2) is 28.0 Å². The minimum Gasteiger partial charge on any atom is -0.465 e. The number of ether oxygens (including phenoxy) is 1. The first-order valence-electron chi connectivity index (χ1n) is 7.18. The molecular formula is C19H13N3O2. The van der Waals surface area contributed by atoms with Crippen molar-refractivity contribution < 1.29 is 9.53 Å². The van der Waals surface area contributed by atoms with Gasteiger partial charge in [-0.15, -0.1) is 0 Å². The van der Waals surface area contributed by atoms with Gasteiger partial charge in [0.2, 0.25) is 0 Å². The van der Waals surface area contributed by atoms with Crippen LogP contribution in [-0.2, 0) is 4.74 Å². The number of methoxy groups -OCH3 is 1. The van der Waals surface area contributed by atoms with Gasteiger partial charge in [-0.05, 0) is 24.3 Å². The van der Waals surface area contributed by atoms with Gasteiger partial charge in [-0.3, -0.25) is 4.98 Å². The molecule has 3 aromatic rings. The number of carbonyl (C=O) groups is 1. The third-order valence-corrected chi connectivity index (χ3v) is 3.27. The van der Waals surface area contributed by atoms with Crippen molar-refractivity contribution in [3.8, 4) is 23.1 Å². The Morgan fingerprint density at radius 2 is 1.71 bits per heavy atom. The molecule has 1 aromatic carbocycles. The van der Waals surface area contributed by atoms with Gasteiger partial charge in [-0.2, -0.15) is 0 Å². The maximum absolute atomic E-state index is 11.6. The topological polar surface area (TPSA) is 65.0 Å².